The van der Waals surface area contributed by atoms with Gasteiger partial charge in [0.2, 0.25) is 0 Å². The number of nitrogens with one attached hydrogen (secondary N) is 1. The molecule has 0 radical (unpaired) electrons. The second kappa shape index (κ2) is 5.33. The highest BCUT2D eigenvalue weighted by atomic mass is 79.9. The molecule has 1 aliphatic carbocycles. The monoisotopic (exact) mass is 281 g/mol. The first-order chi connectivity index (χ1) is 7.66. The molecule has 1 N–H and O–H groups in total. The summed E-state index contributed by atoms with van der Waals surface area (Å²) in [5.41, 5.74) is 1.44. The Kier molecular flexibility index (Phi) is 4.04. The first kappa shape index (κ1) is 12.1. The quantitative estimate of drug-likeness (QED) is 0.862. The molecule has 16 heavy (non-hydrogen) atoms. The summed E-state index contributed by atoms with van der Waals surface area (Å²) in [4.78, 5) is 0. The number of hydrogen-bond acceptors (Lipinski definition) is 1. The van der Waals surface area contributed by atoms with Crippen LogP contribution >= 0.6 is 15.9 Å². The third kappa shape index (κ3) is 3.33. The minimum Gasteiger partial charge on any atom is -0.313 e. The molecule has 0 saturated heterocycles. The van der Waals surface area contributed by atoms with Gasteiger partial charge in [-0.3, -0.25) is 0 Å². The van der Waals surface area contributed by atoms with Crippen molar-refractivity contribution in [3.8, 4) is 0 Å². The first-order valence-corrected chi connectivity index (χ1v) is 6.95. The molecule has 1 saturated carbocycles. The van der Waals surface area contributed by atoms with Gasteiger partial charge in [0.15, 0.2) is 0 Å². The molecule has 2 rings (SSSR count). The van der Waals surface area contributed by atoms with Gasteiger partial charge in [-0.15, -0.1) is 0 Å². The summed E-state index contributed by atoms with van der Waals surface area (Å²) in [6.45, 7) is 5.72. The van der Waals surface area contributed by atoms with Crippen LogP contribution in [-0.2, 0) is 0 Å². The summed E-state index contributed by atoms with van der Waals surface area (Å²) in [5.74, 6) is 1.30. The van der Waals surface area contributed by atoms with Crippen molar-refractivity contribution in [1.82, 2.24) is 5.32 Å². The van der Waals surface area contributed by atoms with Crippen LogP contribution < -0.4 is 5.32 Å². The molecule has 0 bridgehead atoms. The lowest BCUT2D eigenvalue weighted by atomic mass is 9.88. The molecule has 0 aromatic heterocycles. The fourth-order valence-electron chi connectivity index (χ4n) is 2.06. The smallest absolute Gasteiger partial charge is 0.0178 e. The lowest BCUT2D eigenvalue weighted by Gasteiger charge is -2.22. The van der Waals surface area contributed by atoms with Gasteiger partial charge >= 0.3 is 0 Å². The number of halogens is 1. The summed E-state index contributed by atoms with van der Waals surface area (Å²) in [7, 11) is 0. The molecule has 1 unspecified atom stereocenters. The molecule has 1 atom stereocenters. The van der Waals surface area contributed by atoms with Crippen molar-refractivity contribution in [3.63, 3.8) is 0 Å². The van der Waals surface area contributed by atoms with E-state index in [4.69, 9.17) is 0 Å². The molecule has 0 heterocycles. The highest BCUT2D eigenvalue weighted by Crippen LogP contribution is 2.27. The van der Waals surface area contributed by atoms with Gasteiger partial charge in [0.1, 0.15) is 0 Å². The van der Waals surface area contributed by atoms with E-state index in [9.17, 15) is 0 Å². The van der Waals surface area contributed by atoms with Crippen LogP contribution in [0.4, 0.5) is 0 Å². The van der Waals surface area contributed by atoms with Crippen LogP contribution in [0, 0.1) is 5.92 Å². The Labute approximate surface area is 107 Å². The van der Waals surface area contributed by atoms with Gasteiger partial charge in [-0.25, -0.2) is 0 Å². The Bertz CT molecular complexity index is 344. The predicted molar refractivity (Wildman–Crippen MR) is 72.7 cm³/mol. The van der Waals surface area contributed by atoms with Gasteiger partial charge in [0.25, 0.3) is 0 Å². The molecule has 1 nitrogen and oxygen atoms in total. The van der Waals surface area contributed by atoms with Crippen LogP contribution in [0.5, 0.6) is 0 Å². The number of hydrogen-bond donors (Lipinski definition) is 1. The van der Waals surface area contributed by atoms with Crippen molar-refractivity contribution in [1.29, 1.82) is 0 Å². The van der Waals surface area contributed by atoms with E-state index in [0.717, 1.165) is 12.6 Å². The van der Waals surface area contributed by atoms with E-state index in [2.05, 4.69) is 59.4 Å². The largest absolute Gasteiger partial charge is 0.313 e. The summed E-state index contributed by atoms with van der Waals surface area (Å²) in [6.07, 6.45) is 2.73. The normalized spacial score (nSPS) is 17.8. The van der Waals surface area contributed by atoms with Crippen LogP contribution in [0.1, 0.15) is 38.2 Å². The van der Waals surface area contributed by atoms with E-state index in [0.29, 0.717) is 11.8 Å². The molecular weight excluding hydrogens is 262 g/mol. The zero-order valence-electron chi connectivity index (χ0n) is 10.0. The van der Waals surface area contributed by atoms with E-state index in [1.807, 2.05) is 0 Å². The number of rotatable bonds is 5. The molecule has 1 fully saturated rings. The topological polar surface area (TPSA) is 12.0 Å². The van der Waals surface area contributed by atoms with Gasteiger partial charge in [-0.2, -0.15) is 0 Å². The lowest BCUT2D eigenvalue weighted by molar-refractivity contribution is 0.460. The van der Waals surface area contributed by atoms with Crippen molar-refractivity contribution in [2.24, 2.45) is 5.92 Å². The maximum atomic E-state index is 3.64. The highest BCUT2D eigenvalue weighted by molar-refractivity contribution is 9.10. The average molecular weight is 282 g/mol. The van der Waals surface area contributed by atoms with E-state index in [1.165, 1.54) is 22.9 Å². The molecule has 0 spiro atoms. The van der Waals surface area contributed by atoms with E-state index in [-0.39, 0.29) is 0 Å². The maximum Gasteiger partial charge on any atom is 0.0178 e. The van der Waals surface area contributed by atoms with Crippen LogP contribution in [0.3, 0.4) is 0 Å². The number of benzene rings is 1. The van der Waals surface area contributed by atoms with Crippen LogP contribution in [0.2, 0.25) is 0 Å². The Hall–Kier alpha value is -0.340. The van der Waals surface area contributed by atoms with Crippen molar-refractivity contribution >= 4 is 15.9 Å². The molecule has 0 aliphatic heterocycles. The van der Waals surface area contributed by atoms with Crippen LogP contribution in [0.15, 0.2) is 28.7 Å². The lowest BCUT2D eigenvalue weighted by Crippen LogP contribution is -2.26. The predicted octanol–water partition coefficient (Wildman–Crippen LogP) is 3.94. The fourth-order valence-corrected chi connectivity index (χ4v) is 2.47. The Morgan fingerprint density at radius 2 is 2.12 bits per heavy atom. The molecule has 2 heteroatoms. The Morgan fingerprint density at radius 3 is 2.69 bits per heavy atom. The van der Waals surface area contributed by atoms with Gasteiger partial charge < -0.3 is 5.32 Å². The maximum absolute atomic E-state index is 3.64. The molecule has 1 aromatic carbocycles. The molecular formula is C14H20BrN. The zero-order valence-corrected chi connectivity index (χ0v) is 11.6. The summed E-state index contributed by atoms with van der Waals surface area (Å²) in [6, 6.07) is 9.51. The van der Waals surface area contributed by atoms with Gasteiger partial charge in [-0.05, 0) is 42.4 Å². The zero-order chi connectivity index (χ0) is 11.5. The Morgan fingerprint density at radius 1 is 1.38 bits per heavy atom. The summed E-state index contributed by atoms with van der Waals surface area (Å²) in [5, 5.41) is 3.64. The average Bonchev–Trinajstić information content (AvgIpc) is 3.01. The van der Waals surface area contributed by atoms with Crippen molar-refractivity contribution in [3.05, 3.63) is 34.3 Å². The highest BCUT2D eigenvalue weighted by Gasteiger charge is 2.23. The van der Waals surface area contributed by atoms with E-state index >= 15 is 0 Å². The molecule has 1 aromatic rings. The third-order valence-corrected chi connectivity index (χ3v) is 3.78. The fraction of sp³-hybridized carbons (Fsp3) is 0.571. The van der Waals surface area contributed by atoms with Gasteiger partial charge in [0, 0.05) is 17.1 Å². The van der Waals surface area contributed by atoms with Gasteiger partial charge in [0.05, 0.1) is 0 Å². The SMILES string of the molecule is CC(C)C(CNC1CC1)c1cccc(Br)c1. The summed E-state index contributed by atoms with van der Waals surface area (Å²) >= 11 is 3.55. The third-order valence-electron chi connectivity index (χ3n) is 3.29. The molecule has 0 amide bonds. The second-order valence-corrected chi connectivity index (χ2v) is 6.00. The Balaban J connectivity index is 2.04. The standard InChI is InChI=1S/C14H20BrN/c1-10(2)14(9-16-13-6-7-13)11-4-3-5-12(15)8-11/h3-5,8,10,13-14,16H,6-7,9H2,1-2H3. The van der Waals surface area contributed by atoms with E-state index < -0.39 is 0 Å². The summed E-state index contributed by atoms with van der Waals surface area (Å²) < 4.78 is 1.18. The minimum atomic E-state index is 0.623. The molecule has 88 valence electrons. The second-order valence-electron chi connectivity index (χ2n) is 5.09. The minimum absolute atomic E-state index is 0.623. The van der Waals surface area contributed by atoms with Crippen LogP contribution in [-0.4, -0.2) is 12.6 Å². The van der Waals surface area contributed by atoms with Crippen LogP contribution in [0.25, 0.3) is 0 Å². The first-order valence-electron chi connectivity index (χ1n) is 6.15. The van der Waals surface area contributed by atoms with Crippen molar-refractivity contribution in [2.45, 2.75) is 38.6 Å². The van der Waals surface area contributed by atoms with Crippen molar-refractivity contribution < 1.29 is 0 Å². The van der Waals surface area contributed by atoms with E-state index in [1.54, 1.807) is 0 Å². The van der Waals surface area contributed by atoms with Gasteiger partial charge in [-0.1, -0.05) is 41.9 Å². The van der Waals surface area contributed by atoms with Crippen molar-refractivity contribution in [2.75, 3.05) is 6.54 Å². The molecule has 1 aliphatic rings.